The topological polar surface area (TPSA) is 101 Å². The number of carboxylic acid groups (broad SMARTS) is 1. The number of hydrogen-bond acceptors (Lipinski definition) is 4. The number of carboxylic acids is 1. The molecule has 1 rings (SSSR count). The van der Waals surface area contributed by atoms with E-state index in [9.17, 15) is 13.2 Å². The Balaban J connectivity index is 2.81. The van der Waals surface area contributed by atoms with Crippen molar-refractivity contribution in [2.24, 2.45) is 0 Å². The highest BCUT2D eigenvalue weighted by atomic mass is 32.2. The monoisotopic (exact) mass is 289 g/mol. The van der Waals surface area contributed by atoms with Crippen LogP contribution in [-0.2, 0) is 21.4 Å². The van der Waals surface area contributed by atoms with Crippen molar-refractivity contribution in [1.82, 2.24) is 14.5 Å². The minimum Gasteiger partial charge on any atom is -0.481 e. The van der Waals surface area contributed by atoms with Crippen LogP contribution in [0.2, 0.25) is 0 Å². The van der Waals surface area contributed by atoms with Crippen LogP contribution in [0.4, 0.5) is 0 Å². The number of aromatic nitrogens is 2. The fourth-order valence-corrected chi connectivity index (χ4v) is 2.94. The van der Waals surface area contributed by atoms with E-state index in [1.165, 1.54) is 17.1 Å². The van der Waals surface area contributed by atoms with E-state index in [4.69, 9.17) is 5.11 Å². The van der Waals surface area contributed by atoms with Crippen LogP contribution in [0.1, 0.15) is 33.6 Å². The van der Waals surface area contributed by atoms with Crippen molar-refractivity contribution >= 4 is 16.0 Å². The van der Waals surface area contributed by atoms with Gasteiger partial charge in [0.25, 0.3) is 0 Å². The first-order valence-corrected chi connectivity index (χ1v) is 7.43. The van der Waals surface area contributed by atoms with Gasteiger partial charge in [0.2, 0.25) is 10.0 Å². The summed E-state index contributed by atoms with van der Waals surface area (Å²) in [4.78, 5) is 10.6. The standard InChI is InChI=1S/C11H19N3O4S/c1-4-14-8-9(7-12-14)19(17,18)13-11(2,3)6-5-10(15)16/h7-8,13H,4-6H2,1-3H3,(H,15,16). The van der Waals surface area contributed by atoms with Crippen molar-refractivity contribution in [1.29, 1.82) is 0 Å². The lowest BCUT2D eigenvalue weighted by Crippen LogP contribution is -2.43. The Bertz CT molecular complexity index is 548. The number of aryl methyl sites for hydroxylation is 1. The molecule has 0 spiro atoms. The molecule has 0 aliphatic carbocycles. The molecular formula is C11H19N3O4S. The van der Waals surface area contributed by atoms with Crippen molar-refractivity contribution < 1.29 is 18.3 Å². The third-order valence-electron chi connectivity index (χ3n) is 2.62. The summed E-state index contributed by atoms with van der Waals surface area (Å²) < 4.78 is 28.2. The van der Waals surface area contributed by atoms with E-state index in [2.05, 4.69) is 9.82 Å². The van der Waals surface area contributed by atoms with Crippen LogP contribution in [0, 0.1) is 0 Å². The molecule has 0 aromatic carbocycles. The van der Waals surface area contributed by atoms with E-state index in [1.54, 1.807) is 13.8 Å². The highest BCUT2D eigenvalue weighted by Gasteiger charge is 2.27. The van der Waals surface area contributed by atoms with E-state index in [0.29, 0.717) is 6.54 Å². The van der Waals surface area contributed by atoms with Gasteiger partial charge in [0, 0.05) is 24.7 Å². The number of nitrogens with one attached hydrogen (secondary N) is 1. The third-order valence-corrected chi connectivity index (χ3v) is 4.27. The molecule has 0 fully saturated rings. The van der Waals surface area contributed by atoms with Crippen LogP contribution < -0.4 is 4.72 Å². The summed E-state index contributed by atoms with van der Waals surface area (Å²) in [6.07, 6.45) is 2.84. The van der Waals surface area contributed by atoms with Crippen molar-refractivity contribution in [3.05, 3.63) is 12.4 Å². The highest BCUT2D eigenvalue weighted by molar-refractivity contribution is 7.89. The van der Waals surface area contributed by atoms with Gasteiger partial charge in [-0.05, 0) is 27.2 Å². The summed E-state index contributed by atoms with van der Waals surface area (Å²) >= 11 is 0. The van der Waals surface area contributed by atoms with E-state index >= 15 is 0 Å². The first-order valence-electron chi connectivity index (χ1n) is 5.94. The van der Waals surface area contributed by atoms with Gasteiger partial charge in [-0.2, -0.15) is 5.10 Å². The van der Waals surface area contributed by atoms with Crippen molar-refractivity contribution in [3.63, 3.8) is 0 Å². The van der Waals surface area contributed by atoms with Gasteiger partial charge < -0.3 is 5.11 Å². The lowest BCUT2D eigenvalue weighted by molar-refractivity contribution is -0.137. The number of nitrogens with zero attached hydrogens (tertiary/aromatic N) is 2. The predicted molar refractivity (Wildman–Crippen MR) is 69.2 cm³/mol. The molecule has 0 atom stereocenters. The Morgan fingerprint density at radius 3 is 2.63 bits per heavy atom. The smallest absolute Gasteiger partial charge is 0.303 e. The Kier molecular flexibility index (Phi) is 4.70. The molecule has 0 amide bonds. The molecule has 0 saturated heterocycles. The molecule has 2 N–H and O–H groups in total. The first kappa shape index (κ1) is 15.6. The second-order valence-corrected chi connectivity index (χ2v) is 6.60. The summed E-state index contributed by atoms with van der Waals surface area (Å²) in [6.45, 7) is 5.74. The minimum atomic E-state index is -3.68. The molecule has 7 nitrogen and oxygen atoms in total. The zero-order chi connectivity index (χ0) is 14.7. The minimum absolute atomic E-state index is 0.0813. The van der Waals surface area contributed by atoms with E-state index < -0.39 is 21.5 Å². The molecule has 0 bridgehead atoms. The van der Waals surface area contributed by atoms with Gasteiger partial charge in [-0.15, -0.1) is 0 Å². The number of hydrogen-bond donors (Lipinski definition) is 2. The number of rotatable bonds is 7. The Hall–Kier alpha value is -1.41. The Labute approximate surface area is 112 Å². The maximum absolute atomic E-state index is 12.1. The van der Waals surface area contributed by atoms with Gasteiger partial charge in [0.1, 0.15) is 4.90 Å². The van der Waals surface area contributed by atoms with Crippen LogP contribution in [0.3, 0.4) is 0 Å². The molecule has 1 aromatic rings. The zero-order valence-electron chi connectivity index (χ0n) is 11.3. The molecule has 108 valence electrons. The summed E-state index contributed by atoms with van der Waals surface area (Å²) in [5.41, 5.74) is -0.828. The van der Waals surface area contributed by atoms with Crippen molar-refractivity contribution in [3.8, 4) is 0 Å². The lowest BCUT2D eigenvalue weighted by atomic mass is 10.0. The molecular weight excluding hydrogens is 270 g/mol. The van der Waals surface area contributed by atoms with E-state index in [-0.39, 0.29) is 17.7 Å². The second-order valence-electron chi connectivity index (χ2n) is 4.91. The normalized spacial score (nSPS) is 12.6. The SMILES string of the molecule is CCn1cc(S(=O)(=O)NC(C)(C)CCC(=O)O)cn1. The zero-order valence-corrected chi connectivity index (χ0v) is 12.1. The highest BCUT2D eigenvalue weighted by Crippen LogP contribution is 2.16. The first-order chi connectivity index (χ1) is 8.66. The summed E-state index contributed by atoms with van der Waals surface area (Å²) in [5.74, 6) is -0.953. The Morgan fingerprint density at radius 2 is 2.16 bits per heavy atom. The van der Waals surface area contributed by atoms with Crippen LogP contribution >= 0.6 is 0 Å². The van der Waals surface area contributed by atoms with Gasteiger partial charge in [-0.1, -0.05) is 0 Å². The maximum Gasteiger partial charge on any atom is 0.303 e. The fourth-order valence-electron chi connectivity index (χ4n) is 1.55. The summed E-state index contributed by atoms with van der Waals surface area (Å²) in [5, 5.41) is 12.5. The molecule has 0 unspecified atom stereocenters. The van der Waals surface area contributed by atoms with Crippen LogP contribution in [-0.4, -0.2) is 34.8 Å². The van der Waals surface area contributed by atoms with Gasteiger partial charge >= 0.3 is 5.97 Å². The van der Waals surface area contributed by atoms with Crippen LogP contribution in [0.5, 0.6) is 0 Å². The quantitative estimate of drug-likeness (QED) is 0.774. The molecule has 19 heavy (non-hydrogen) atoms. The molecule has 8 heteroatoms. The fraction of sp³-hybridized carbons (Fsp3) is 0.636. The van der Waals surface area contributed by atoms with Gasteiger partial charge in [-0.25, -0.2) is 13.1 Å². The lowest BCUT2D eigenvalue weighted by Gasteiger charge is -2.24. The second kappa shape index (κ2) is 5.70. The van der Waals surface area contributed by atoms with Crippen molar-refractivity contribution in [2.45, 2.75) is 50.6 Å². The predicted octanol–water partition coefficient (Wildman–Crippen LogP) is 0.825. The van der Waals surface area contributed by atoms with E-state index in [1.807, 2.05) is 6.92 Å². The molecule has 0 aliphatic heterocycles. The molecule has 1 aromatic heterocycles. The van der Waals surface area contributed by atoms with Crippen LogP contribution in [0.15, 0.2) is 17.3 Å². The molecule has 1 heterocycles. The Morgan fingerprint density at radius 1 is 1.53 bits per heavy atom. The number of aliphatic carboxylic acids is 1. The van der Waals surface area contributed by atoms with Gasteiger partial charge in [0.15, 0.2) is 0 Å². The molecule has 0 saturated carbocycles. The maximum atomic E-state index is 12.1. The van der Waals surface area contributed by atoms with Gasteiger partial charge in [-0.3, -0.25) is 9.48 Å². The average molecular weight is 289 g/mol. The third kappa shape index (κ3) is 4.64. The van der Waals surface area contributed by atoms with Crippen LogP contribution in [0.25, 0.3) is 0 Å². The molecule has 0 radical (unpaired) electrons. The van der Waals surface area contributed by atoms with E-state index in [0.717, 1.165) is 0 Å². The number of sulfonamides is 1. The van der Waals surface area contributed by atoms with Crippen molar-refractivity contribution in [2.75, 3.05) is 0 Å². The number of carbonyl (C=O) groups is 1. The summed E-state index contributed by atoms with van der Waals surface area (Å²) in [6, 6.07) is 0. The average Bonchev–Trinajstić information content (AvgIpc) is 2.74. The molecule has 0 aliphatic rings. The van der Waals surface area contributed by atoms with Gasteiger partial charge in [0.05, 0.1) is 6.20 Å². The largest absolute Gasteiger partial charge is 0.481 e. The summed E-state index contributed by atoms with van der Waals surface area (Å²) in [7, 11) is -3.68.